The molecule has 1 aromatic carbocycles. The Kier molecular flexibility index (Phi) is 5.07. The Hall–Kier alpha value is -1.75. The number of carboxylic acid groups (broad SMARTS) is 1. The average molecular weight is 311 g/mol. The number of nitrogens with zero attached hydrogens (tertiary/aromatic N) is 1. The first kappa shape index (κ1) is 15.6. The van der Waals surface area contributed by atoms with Crippen LogP contribution in [-0.4, -0.2) is 41.6 Å². The molecule has 0 saturated heterocycles. The van der Waals surface area contributed by atoms with Crippen molar-refractivity contribution in [3.63, 3.8) is 0 Å². The van der Waals surface area contributed by atoms with E-state index in [4.69, 9.17) is 16.7 Å². The quantitative estimate of drug-likeness (QED) is 0.878. The lowest BCUT2D eigenvalue weighted by atomic mass is 9.76. The Labute approximate surface area is 128 Å². The minimum Gasteiger partial charge on any atom is -0.481 e. The van der Waals surface area contributed by atoms with Crippen LogP contribution in [0, 0.1) is 0 Å². The van der Waals surface area contributed by atoms with Gasteiger partial charge in [0.1, 0.15) is 0 Å². The summed E-state index contributed by atoms with van der Waals surface area (Å²) in [5.74, 6) is -0.474. The molecule has 21 heavy (non-hydrogen) atoms. The molecule has 0 bridgehead atoms. The number of nitrogens with one attached hydrogen (secondary N) is 1. The molecule has 2 N–H and O–H groups in total. The largest absolute Gasteiger partial charge is 0.481 e. The van der Waals surface area contributed by atoms with Crippen molar-refractivity contribution in [2.75, 3.05) is 13.6 Å². The fourth-order valence-corrected chi connectivity index (χ4v) is 2.62. The fraction of sp³-hybridized carbons (Fsp3) is 0.467. The molecule has 1 fully saturated rings. The topological polar surface area (TPSA) is 69.6 Å². The summed E-state index contributed by atoms with van der Waals surface area (Å²) in [5.41, 5.74) is 1.20. The van der Waals surface area contributed by atoms with E-state index in [9.17, 15) is 9.59 Å². The molecule has 0 radical (unpaired) electrons. The molecular weight excluding hydrogens is 292 g/mol. The highest BCUT2D eigenvalue weighted by Gasteiger charge is 2.32. The lowest BCUT2D eigenvalue weighted by Crippen LogP contribution is -2.48. The molecule has 1 saturated carbocycles. The lowest BCUT2D eigenvalue weighted by Gasteiger charge is -2.37. The molecule has 2 amide bonds. The average Bonchev–Trinajstić information content (AvgIpc) is 2.39. The van der Waals surface area contributed by atoms with E-state index in [1.807, 2.05) is 24.3 Å². The molecule has 0 aliphatic heterocycles. The smallest absolute Gasteiger partial charge is 0.317 e. The summed E-state index contributed by atoms with van der Waals surface area (Å²) >= 11 is 5.97. The van der Waals surface area contributed by atoms with Crippen LogP contribution in [0.2, 0.25) is 5.02 Å². The van der Waals surface area contributed by atoms with E-state index in [1.54, 1.807) is 7.05 Å². The first-order chi connectivity index (χ1) is 9.95. The lowest BCUT2D eigenvalue weighted by molar-refractivity contribution is -0.137. The van der Waals surface area contributed by atoms with E-state index in [0.717, 1.165) is 17.9 Å². The van der Waals surface area contributed by atoms with Crippen LogP contribution in [0.5, 0.6) is 0 Å². The number of amides is 2. The van der Waals surface area contributed by atoms with Gasteiger partial charge >= 0.3 is 12.0 Å². The highest BCUT2D eigenvalue weighted by Crippen LogP contribution is 2.37. The van der Waals surface area contributed by atoms with Gasteiger partial charge in [-0.1, -0.05) is 23.7 Å². The number of halogens is 1. The summed E-state index contributed by atoms with van der Waals surface area (Å²) in [4.78, 5) is 23.7. The number of carbonyl (C=O) groups is 2. The molecule has 0 aromatic heterocycles. The Morgan fingerprint density at radius 3 is 2.76 bits per heavy atom. The zero-order valence-electron chi connectivity index (χ0n) is 11.9. The molecular formula is C15H19ClN2O3. The summed E-state index contributed by atoms with van der Waals surface area (Å²) in [5, 5.41) is 12.2. The first-order valence-electron chi connectivity index (χ1n) is 6.94. The van der Waals surface area contributed by atoms with E-state index < -0.39 is 5.97 Å². The van der Waals surface area contributed by atoms with Crippen molar-refractivity contribution in [2.45, 2.75) is 31.2 Å². The molecule has 0 unspecified atom stereocenters. The van der Waals surface area contributed by atoms with Gasteiger partial charge in [-0.05, 0) is 36.5 Å². The van der Waals surface area contributed by atoms with Crippen molar-refractivity contribution in [2.24, 2.45) is 0 Å². The number of hydrogen-bond acceptors (Lipinski definition) is 2. The van der Waals surface area contributed by atoms with Crippen molar-refractivity contribution in [1.29, 1.82) is 0 Å². The Bertz CT molecular complexity index is 529. The van der Waals surface area contributed by atoms with Gasteiger partial charge in [-0.3, -0.25) is 4.79 Å². The van der Waals surface area contributed by atoms with Crippen molar-refractivity contribution < 1.29 is 14.7 Å². The molecule has 0 atom stereocenters. The van der Waals surface area contributed by atoms with E-state index in [2.05, 4.69) is 5.32 Å². The van der Waals surface area contributed by atoms with Gasteiger partial charge in [0, 0.05) is 24.7 Å². The van der Waals surface area contributed by atoms with E-state index in [0.29, 0.717) is 5.92 Å². The van der Waals surface area contributed by atoms with Crippen LogP contribution < -0.4 is 5.32 Å². The van der Waals surface area contributed by atoms with Crippen LogP contribution in [0.15, 0.2) is 24.3 Å². The van der Waals surface area contributed by atoms with Crippen molar-refractivity contribution in [3.05, 3.63) is 34.9 Å². The highest BCUT2D eigenvalue weighted by molar-refractivity contribution is 6.30. The second-order valence-electron chi connectivity index (χ2n) is 5.44. The third-order valence-electron chi connectivity index (χ3n) is 3.79. The molecule has 0 spiro atoms. The standard InChI is InChI=1S/C15H19ClN2O3/c1-18(6-5-14(19)20)15(21)17-13-8-11(9-13)10-3-2-4-12(16)7-10/h2-4,7,11,13H,5-6,8-9H2,1H3,(H,17,21)(H,19,20). The number of carbonyl (C=O) groups excluding carboxylic acids is 1. The first-order valence-corrected chi connectivity index (χ1v) is 7.32. The Morgan fingerprint density at radius 2 is 2.14 bits per heavy atom. The summed E-state index contributed by atoms with van der Waals surface area (Å²) in [6.45, 7) is 0.214. The van der Waals surface area contributed by atoms with E-state index in [1.165, 1.54) is 10.5 Å². The zero-order valence-corrected chi connectivity index (χ0v) is 12.6. The molecule has 1 aliphatic carbocycles. The number of benzene rings is 1. The third kappa shape index (κ3) is 4.36. The second-order valence-corrected chi connectivity index (χ2v) is 5.87. The van der Waals surface area contributed by atoms with Crippen molar-refractivity contribution in [1.82, 2.24) is 10.2 Å². The maximum absolute atomic E-state index is 11.9. The molecule has 1 aliphatic rings. The SMILES string of the molecule is CN(CCC(=O)O)C(=O)NC1CC(c2cccc(Cl)c2)C1. The van der Waals surface area contributed by atoms with Gasteiger partial charge in [0.15, 0.2) is 0 Å². The Morgan fingerprint density at radius 1 is 1.43 bits per heavy atom. The van der Waals surface area contributed by atoms with E-state index >= 15 is 0 Å². The van der Waals surface area contributed by atoms with Gasteiger partial charge in [0.25, 0.3) is 0 Å². The normalized spacial score (nSPS) is 20.5. The van der Waals surface area contributed by atoms with Crippen molar-refractivity contribution >= 4 is 23.6 Å². The summed E-state index contributed by atoms with van der Waals surface area (Å²) in [7, 11) is 1.60. The van der Waals surface area contributed by atoms with E-state index in [-0.39, 0.29) is 25.0 Å². The van der Waals surface area contributed by atoms with Crippen LogP contribution in [-0.2, 0) is 4.79 Å². The minimum atomic E-state index is -0.903. The van der Waals surface area contributed by atoms with Crippen LogP contribution >= 0.6 is 11.6 Å². The minimum absolute atomic E-state index is 0.0419. The zero-order chi connectivity index (χ0) is 15.4. The van der Waals surface area contributed by atoms with Gasteiger partial charge in [-0.15, -0.1) is 0 Å². The maximum atomic E-state index is 11.9. The summed E-state index contributed by atoms with van der Waals surface area (Å²) < 4.78 is 0. The maximum Gasteiger partial charge on any atom is 0.317 e. The number of hydrogen-bond donors (Lipinski definition) is 2. The van der Waals surface area contributed by atoms with Crippen LogP contribution in [0.1, 0.15) is 30.7 Å². The van der Waals surface area contributed by atoms with Gasteiger partial charge < -0.3 is 15.3 Å². The molecule has 1 aromatic rings. The highest BCUT2D eigenvalue weighted by atomic mass is 35.5. The monoisotopic (exact) mass is 310 g/mol. The molecule has 6 heteroatoms. The Balaban J connectivity index is 1.75. The van der Waals surface area contributed by atoms with Gasteiger partial charge in [0.2, 0.25) is 0 Å². The fourth-order valence-electron chi connectivity index (χ4n) is 2.42. The molecule has 5 nitrogen and oxygen atoms in total. The van der Waals surface area contributed by atoms with Gasteiger partial charge in [0.05, 0.1) is 6.42 Å². The number of carboxylic acids is 1. The number of rotatable bonds is 5. The molecule has 2 rings (SSSR count). The predicted octanol–water partition coefficient (Wildman–Crippen LogP) is 2.70. The number of urea groups is 1. The van der Waals surface area contributed by atoms with Crippen LogP contribution in [0.25, 0.3) is 0 Å². The second kappa shape index (κ2) is 6.80. The van der Waals surface area contributed by atoms with Gasteiger partial charge in [-0.25, -0.2) is 4.79 Å². The van der Waals surface area contributed by atoms with Crippen LogP contribution in [0.4, 0.5) is 4.79 Å². The van der Waals surface area contributed by atoms with Crippen LogP contribution in [0.3, 0.4) is 0 Å². The third-order valence-corrected chi connectivity index (χ3v) is 4.03. The summed E-state index contributed by atoms with van der Waals surface area (Å²) in [6, 6.07) is 7.72. The number of aliphatic carboxylic acids is 1. The molecule has 114 valence electrons. The van der Waals surface area contributed by atoms with Gasteiger partial charge in [-0.2, -0.15) is 0 Å². The molecule has 0 heterocycles. The summed E-state index contributed by atoms with van der Waals surface area (Å²) in [6.07, 6.45) is 1.73. The van der Waals surface area contributed by atoms with Crippen molar-refractivity contribution in [3.8, 4) is 0 Å². The predicted molar refractivity (Wildman–Crippen MR) is 80.6 cm³/mol.